The highest BCUT2D eigenvalue weighted by molar-refractivity contribution is 6.11. The number of benzene rings is 2. The Balaban J connectivity index is 1.88. The number of fused-ring (bicyclic) bond motifs is 1. The second-order valence-electron chi connectivity index (χ2n) is 5.03. The average molecular weight is 296 g/mol. The van der Waals surface area contributed by atoms with Crippen LogP contribution in [0.1, 0.15) is 16.8 Å². The molecule has 2 amide bonds. The first-order chi connectivity index (χ1) is 10.6. The van der Waals surface area contributed by atoms with E-state index in [4.69, 9.17) is 5.73 Å². The summed E-state index contributed by atoms with van der Waals surface area (Å²) in [6, 6.07) is 12.2. The van der Waals surface area contributed by atoms with Crippen molar-refractivity contribution in [3.8, 4) is 0 Å². The van der Waals surface area contributed by atoms with Gasteiger partial charge in [0.25, 0.3) is 5.91 Å². The molecule has 22 heavy (non-hydrogen) atoms. The minimum atomic E-state index is -0.245. The molecule has 0 bridgehead atoms. The molecule has 112 valence electrons. The molecule has 0 saturated heterocycles. The fourth-order valence-corrected chi connectivity index (χ4v) is 2.31. The van der Waals surface area contributed by atoms with Crippen LogP contribution in [0.2, 0.25) is 0 Å². The van der Waals surface area contributed by atoms with E-state index in [9.17, 15) is 9.59 Å². The quantitative estimate of drug-likeness (QED) is 0.639. The molecular formula is C16H16N4O2. The molecule has 0 radical (unpaired) electrons. The fourth-order valence-electron chi connectivity index (χ4n) is 2.31. The number of hydrogen-bond acceptors (Lipinski definition) is 4. The van der Waals surface area contributed by atoms with Gasteiger partial charge in [-0.25, -0.2) is 0 Å². The van der Waals surface area contributed by atoms with E-state index in [2.05, 4.69) is 16.0 Å². The van der Waals surface area contributed by atoms with E-state index >= 15 is 0 Å². The smallest absolute Gasteiger partial charge is 0.257 e. The number of carbonyl (C=O) groups is 2. The zero-order valence-corrected chi connectivity index (χ0v) is 11.8. The van der Waals surface area contributed by atoms with Crippen LogP contribution in [0.3, 0.4) is 0 Å². The number of para-hydroxylation sites is 1. The molecule has 0 spiro atoms. The molecule has 6 heteroatoms. The molecule has 1 aliphatic heterocycles. The lowest BCUT2D eigenvalue weighted by atomic mass is 10.1. The van der Waals surface area contributed by atoms with Gasteiger partial charge in [-0.2, -0.15) is 0 Å². The highest BCUT2D eigenvalue weighted by Gasteiger charge is 2.19. The number of nitrogen functional groups attached to an aromatic ring is 1. The summed E-state index contributed by atoms with van der Waals surface area (Å²) in [5.74, 6) is -0.312. The van der Waals surface area contributed by atoms with Crippen molar-refractivity contribution >= 4 is 34.6 Å². The summed E-state index contributed by atoms with van der Waals surface area (Å²) >= 11 is 0. The van der Waals surface area contributed by atoms with Crippen molar-refractivity contribution in [3.05, 3.63) is 48.0 Å². The van der Waals surface area contributed by atoms with Gasteiger partial charge < -0.3 is 21.7 Å². The van der Waals surface area contributed by atoms with Crippen molar-refractivity contribution in [2.45, 2.75) is 6.42 Å². The largest absolute Gasteiger partial charge is 0.399 e. The number of nitrogens with one attached hydrogen (secondary N) is 3. The third kappa shape index (κ3) is 2.85. The van der Waals surface area contributed by atoms with E-state index in [-0.39, 0.29) is 11.8 Å². The second-order valence-corrected chi connectivity index (χ2v) is 5.03. The SMILES string of the molecule is Nc1ccc(NC(=O)c2cccc3c2NCCC(=O)N3)cc1. The van der Waals surface area contributed by atoms with Gasteiger partial charge in [-0.3, -0.25) is 9.59 Å². The van der Waals surface area contributed by atoms with E-state index in [1.807, 2.05) is 0 Å². The molecule has 2 aromatic rings. The van der Waals surface area contributed by atoms with Crippen molar-refractivity contribution < 1.29 is 9.59 Å². The van der Waals surface area contributed by atoms with Crippen LogP contribution in [0.15, 0.2) is 42.5 Å². The Morgan fingerprint density at radius 3 is 2.68 bits per heavy atom. The first-order valence-corrected chi connectivity index (χ1v) is 6.97. The Kier molecular flexibility index (Phi) is 3.65. The highest BCUT2D eigenvalue weighted by Crippen LogP contribution is 2.29. The molecular weight excluding hydrogens is 280 g/mol. The second kappa shape index (κ2) is 5.77. The average Bonchev–Trinajstić information content (AvgIpc) is 2.69. The minimum Gasteiger partial charge on any atom is -0.399 e. The summed E-state index contributed by atoms with van der Waals surface area (Å²) < 4.78 is 0. The number of amides is 2. The topological polar surface area (TPSA) is 96.2 Å². The molecule has 5 N–H and O–H groups in total. The normalized spacial score (nSPS) is 13.4. The molecule has 1 heterocycles. The highest BCUT2D eigenvalue weighted by atomic mass is 16.2. The molecule has 2 aromatic carbocycles. The Morgan fingerprint density at radius 1 is 1.14 bits per heavy atom. The van der Waals surface area contributed by atoms with Gasteiger partial charge in [0.05, 0.1) is 16.9 Å². The molecule has 0 saturated carbocycles. The lowest BCUT2D eigenvalue weighted by Crippen LogP contribution is -2.15. The summed E-state index contributed by atoms with van der Waals surface area (Å²) in [5, 5.41) is 8.75. The summed E-state index contributed by atoms with van der Waals surface area (Å²) in [4.78, 5) is 24.1. The van der Waals surface area contributed by atoms with Crippen LogP contribution >= 0.6 is 0 Å². The predicted molar refractivity (Wildman–Crippen MR) is 87.0 cm³/mol. The third-order valence-corrected chi connectivity index (χ3v) is 3.41. The van der Waals surface area contributed by atoms with Crippen molar-refractivity contribution in [1.82, 2.24) is 0 Å². The Bertz CT molecular complexity index is 725. The van der Waals surface area contributed by atoms with Crippen molar-refractivity contribution in [1.29, 1.82) is 0 Å². The van der Waals surface area contributed by atoms with E-state index < -0.39 is 0 Å². The number of nitrogens with two attached hydrogens (primary N) is 1. The summed E-state index contributed by atoms with van der Waals surface area (Å²) in [7, 11) is 0. The van der Waals surface area contributed by atoms with Gasteiger partial charge in [0.2, 0.25) is 5.91 Å². The molecule has 3 rings (SSSR count). The maximum absolute atomic E-state index is 12.5. The van der Waals surface area contributed by atoms with Gasteiger partial charge in [-0.1, -0.05) is 6.07 Å². The fraction of sp³-hybridized carbons (Fsp3) is 0.125. The zero-order valence-electron chi connectivity index (χ0n) is 11.8. The van der Waals surface area contributed by atoms with Gasteiger partial charge in [-0.05, 0) is 36.4 Å². The maximum Gasteiger partial charge on any atom is 0.257 e. The summed E-state index contributed by atoms with van der Waals surface area (Å²) in [6.07, 6.45) is 0.369. The van der Waals surface area contributed by atoms with Gasteiger partial charge in [0.1, 0.15) is 0 Å². The van der Waals surface area contributed by atoms with Gasteiger partial charge in [-0.15, -0.1) is 0 Å². The number of carbonyl (C=O) groups excluding carboxylic acids is 2. The first-order valence-electron chi connectivity index (χ1n) is 6.97. The van der Waals surface area contributed by atoms with Crippen molar-refractivity contribution in [3.63, 3.8) is 0 Å². The van der Waals surface area contributed by atoms with Gasteiger partial charge in [0.15, 0.2) is 0 Å². The Labute approximate surface area is 127 Å². The molecule has 0 aromatic heterocycles. The van der Waals surface area contributed by atoms with Crippen LogP contribution in [0.5, 0.6) is 0 Å². The first kappa shape index (κ1) is 13.9. The van der Waals surface area contributed by atoms with Crippen molar-refractivity contribution in [2.75, 3.05) is 28.2 Å². The van der Waals surface area contributed by atoms with E-state index in [1.54, 1.807) is 42.5 Å². The molecule has 0 fully saturated rings. The number of hydrogen-bond donors (Lipinski definition) is 4. The zero-order chi connectivity index (χ0) is 15.5. The van der Waals surface area contributed by atoms with Crippen molar-refractivity contribution in [2.24, 2.45) is 0 Å². The standard InChI is InChI=1S/C16H16N4O2/c17-10-4-6-11(7-5-10)19-16(22)12-2-1-3-13-15(12)18-9-8-14(21)20-13/h1-7,18H,8-9,17H2,(H,19,22)(H,20,21). The van der Waals surface area contributed by atoms with E-state index in [0.29, 0.717) is 41.3 Å². The van der Waals surface area contributed by atoms with Gasteiger partial charge in [0, 0.05) is 24.3 Å². The van der Waals surface area contributed by atoms with Crippen LogP contribution in [0, 0.1) is 0 Å². The Hall–Kier alpha value is -3.02. The lowest BCUT2D eigenvalue weighted by molar-refractivity contribution is -0.115. The van der Waals surface area contributed by atoms with Crippen LogP contribution in [0.4, 0.5) is 22.7 Å². The molecule has 6 nitrogen and oxygen atoms in total. The monoisotopic (exact) mass is 296 g/mol. The number of anilines is 4. The van der Waals surface area contributed by atoms with Crippen LogP contribution in [-0.2, 0) is 4.79 Å². The molecule has 1 aliphatic rings. The molecule has 0 aliphatic carbocycles. The summed E-state index contributed by atoms with van der Waals surface area (Å²) in [5.41, 5.74) is 8.66. The van der Waals surface area contributed by atoms with E-state index in [1.165, 1.54) is 0 Å². The summed E-state index contributed by atoms with van der Waals surface area (Å²) in [6.45, 7) is 0.491. The predicted octanol–water partition coefficient (Wildman–Crippen LogP) is 2.28. The van der Waals surface area contributed by atoms with E-state index in [0.717, 1.165) is 0 Å². The number of rotatable bonds is 2. The lowest BCUT2D eigenvalue weighted by Gasteiger charge is -2.13. The Morgan fingerprint density at radius 2 is 1.91 bits per heavy atom. The maximum atomic E-state index is 12.5. The van der Waals surface area contributed by atoms with Gasteiger partial charge >= 0.3 is 0 Å². The van der Waals surface area contributed by atoms with Crippen LogP contribution < -0.4 is 21.7 Å². The van der Waals surface area contributed by atoms with Crippen LogP contribution in [-0.4, -0.2) is 18.4 Å². The molecule has 0 unspecified atom stereocenters. The van der Waals surface area contributed by atoms with Crippen LogP contribution in [0.25, 0.3) is 0 Å². The molecule has 0 atom stereocenters. The minimum absolute atomic E-state index is 0.0673. The third-order valence-electron chi connectivity index (χ3n) is 3.41.